The highest BCUT2D eigenvalue weighted by molar-refractivity contribution is 5.90. The number of likely N-dealkylation sites (N-methyl/N-ethyl adjacent to an activating group) is 1. The first-order chi connectivity index (χ1) is 16.6. The molecule has 34 heavy (non-hydrogen) atoms. The number of benzene rings is 2. The number of hydrogen-bond donors (Lipinski definition) is 1. The Labute approximate surface area is 204 Å². The van der Waals surface area contributed by atoms with Gasteiger partial charge in [-0.2, -0.15) is 0 Å². The van der Waals surface area contributed by atoms with Crippen molar-refractivity contribution in [2.24, 2.45) is 0 Å². The lowest BCUT2D eigenvalue weighted by Crippen LogP contribution is -2.53. The molecular formula is C27H39N5O2. The first-order valence-corrected chi connectivity index (χ1v) is 12.6. The average Bonchev–Trinajstić information content (AvgIpc) is 2.89. The number of carbonyl (C=O) groups excluding carboxylic acids is 1. The van der Waals surface area contributed by atoms with Gasteiger partial charge in [0.2, 0.25) is 0 Å². The van der Waals surface area contributed by atoms with Gasteiger partial charge in [0.15, 0.2) is 0 Å². The van der Waals surface area contributed by atoms with Crippen LogP contribution < -0.4 is 15.0 Å². The Morgan fingerprint density at radius 3 is 2.44 bits per heavy atom. The van der Waals surface area contributed by atoms with E-state index in [0.717, 1.165) is 82.3 Å². The molecule has 7 nitrogen and oxygen atoms in total. The van der Waals surface area contributed by atoms with Crippen molar-refractivity contribution in [3.8, 4) is 5.75 Å². The standard InChI is InChI=1S/C27H37N5O2.H2/c1-29-11-13-31(14-12-29)25-20-23(8-10-26(25)34-2)28-27(33)32-17-15-30(16-18-32)24-9-7-21-5-3-4-6-22(21)19-24;/h3-6,8,10,20,24H,7,9,11-19H2,1-2H3,(H,28,33);1H. The van der Waals surface area contributed by atoms with E-state index in [4.69, 9.17) is 4.74 Å². The van der Waals surface area contributed by atoms with Gasteiger partial charge in [-0.1, -0.05) is 24.3 Å². The summed E-state index contributed by atoms with van der Waals surface area (Å²) in [5, 5.41) is 3.13. The lowest BCUT2D eigenvalue weighted by atomic mass is 9.87. The Morgan fingerprint density at radius 2 is 1.71 bits per heavy atom. The second kappa shape index (κ2) is 10.2. The van der Waals surface area contributed by atoms with E-state index in [1.54, 1.807) is 7.11 Å². The van der Waals surface area contributed by atoms with Crippen LogP contribution in [0.2, 0.25) is 0 Å². The predicted molar refractivity (Wildman–Crippen MR) is 139 cm³/mol. The molecule has 3 aliphatic rings. The Bertz CT molecular complexity index is 1000. The Morgan fingerprint density at radius 1 is 0.971 bits per heavy atom. The van der Waals surface area contributed by atoms with Gasteiger partial charge in [0, 0.05) is 65.5 Å². The van der Waals surface area contributed by atoms with Gasteiger partial charge in [0.05, 0.1) is 12.8 Å². The molecule has 0 saturated carbocycles. The molecule has 7 heteroatoms. The summed E-state index contributed by atoms with van der Waals surface area (Å²) in [6, 6.07) is 15.4. The molecule has 2 fully saturated rings. The molecule has 1 atom stereocenters. The minimum Gasteiger partial charge on any atom is -0.495 e. The van der Waals surface area contributed by atoms with Gasteiger partial charge in [0.1, 0.15) is 5.75 Å². The molecular weight excluding hydrogens is 426 g/mol. The summed E-state index contributed by atoms with van der Waals surface area (Å²) in [6.07, 6.45) is 3.50. The van der Waals surface area contributed by atoms with E-state index in [0.29, 0.717) is 6.04 Å². The fraction of sp³-hybridized carbons (Fsp3) is 0.519. The molecule has 2 amide bonds. The summed E-state index contributed by atoms with van der Waals surface area (Å²) in [6.45, 7) is 7.38. The van der Waals surface area contributed by atoms with Crippen molar-refractivity contribution in [3.63, 3.8) is 0 Å². The number of urea groups is 1. The molecule has 5 rings (SSSR count). The van der Waals surface area contributed by atoms with Crippen LogP contribution in [-0.2, 0) is 12.8 Å². The lowest BCUT2D eigenvalue weighted by Gasteiger charge is -2.41. The van der Waals surface area contributed by atoms with Crippen LogP contribution in [0.3, 0.4) is 0 Å². The molecule has 2 aromatic carbocycles. The maximum absolute atomic E-state index is 13.0. The van der Waals surface area contributed by atoms with Gasteiger partial charge < -0.3 is 24.8 Å². The van der Waals surface area contributed by atoms with Gasteiger partial charge in [-0.05, 0) is 55.6 Å². The number of nitrogens with one attached hydrogen (secondary N) is 1. The van der Waals surface area contributed by atoms with Crippen LogP contribution in [0.4, 0.5) is 16.2 Å². The summed E-state index contributed by atoms with van der Waals surface area (Å²) in [5.74, 6) is 0.852. The Hall–Kier alpha value is -2.77. The molecule has 0 bridgehead atoms. The summed E-state index contributed by atoms with van der Waals surface area (Å²) >= 11 is 0. The molecule has 2 aromatic rings. The minimum absolute atomic E-state index is 0. The van der Waals surface area contributed by atoms with Crippen molar-refractivity contribution >= 4 is 17.4 Å². The van der Waals surface area contributed by atoms with E-state index in [1.165, 1.54) is 17.5 Å². The van der Waals surface area contributed by atoms with Gasteiger partial charge in [0.25, 0.3) is 0 Å². The van der Waals surface area contributed by atoms with Crippen LogP contribution >= 0.6 is 0 Å². The number of aryl methyl sites for hydroxylation is 1. The normalized spacial score (nSPS) is 21.8. The highest BCUT2D eigenvalue weighted by Gasteiger charge is 2.29. The zero-order valence-electron chi connectivity index (χ0n) is 20.5. The van der Waals surface area contributed by atoms with Crippen molar-refractivity contribution in [1.29, 1.82) is 0 Å². The molecule has 2 saturated heterocycles. The van der Waals surface area contributed by atoms with Gasteiger partial charge in [-0.3, -0.25) is 4.90 Å². The van der Waals surface area contributed by atoms with Crippen LogP contribution in [0.15, 0.2) is 42.5 Å². The zero-order chi connectivity index (χ0) is 23.5. The lowest BCUT2D eigenvalue weighted by molar-refractivity contribution is 0.106. The number of rotatable bonds is 4. The van der Waals surface area contributed by atoms with Crippen LogP contribution in [0, 0.1) is 0 Å². The maximum atomic E-state index is 13.0. The largest absolute Gasteiger partial charge is 0.495 e. The van der Waals surface area contributed by atoms with Crippen LogP contribution in [0.5, 0.6) is 5.75 Å². The molecule has 2 heterocycles. The van der Waals surface area contributed by atoms with Gasteiger partial charge >= 0.3 is 6.03 Å². The van der Waals surface area contributed by atoms with E-state index in [9.17, 15) is 4.79 Å². The quantitative estimate of drug-likeness (QED) is 0.750. The third kappa shape index (κ3) is 5.00. The van der Waals surface area contributed by atoms with Crippen molar-refractivity contribution in [2.75, 3.05) is 76.7 Å². The van der Waals surface area contributed by atoms with Crippen LogP contribution in [0.25, 0.3) is 0 Å². The zero-order valence-corrected chi connectivity index (χ0v) is 20.5. The summed E-state index contributed by atoms with van der Waals surface area (Å²) in [5.41, 5.74) is 4.88. The van der Waals surface area contributed by atoms with Crippen LogP contribution in [-0.4, -0.2) is 93.3 Å². The van der Waals surface area contributed by atoms with Gasteiger partial charge in [-0.25, -0.2) is 4.79 Å². The predicted octanol–water partition coefficient (Wildman–Crippen LogP) is 3.40. The summed E-state index contributed by atoms with van der Waals surface area (Å²) in [7, 11) is 3.86. The molecule has 1 unspecified atom stereocenters. The number of amides is 2. The van der Waals surface area contributed by atoms with Crippen molar-refractivity contribution < 1.29 is 11.0 Å². The number of hydrogen-bond acceptors (Lipinski definition) is 5. The molecule has 2 aliphatic heterocycles. The number of carbonyl (C=O) groups is 1. The minimum atomic E-state index is -0.0110. The van der Waals surface area contributed by atoms with E-state index in [1.807, 2.05) is 17.0 Å². The van der Waals surface area contributed by atoms with E-state index in [-0.39, 0.29) is 7.46 Å². The third-order valence-corrected chi connectivity index (χ3v) is 7.71. The fourth-order valence-electron chi connectivity index (χ4n) is 5.55. The maximum Gasteiger partial charge on any atom is 0.321 e. The molecule has 1 N–H and O–H groups in total. The number of piperazine rings is 2. The van der Waals surface area contributed by atoms with E-state index < -0.39 is 0 Å². The monoisotopic (exact) mass is 465 g/mol. The van der Waals surface area contributed by atoms with Crippen molar-refractivity contribution in [3.05, 3.63) is 53.6 Å². The molecule has 1 aliphatic carbocycles. The highest BCUT2D eigenvalue weighted by Crippen LogP contribution is 2.32. The second-order valence-electron chi connectivity index (χ2n) is 9.80. The SMILES string of the molecule is COc1ccc(NC(=O)N2CCN(C3CCc4ccccc4C3)CC2)cc1N1CCN(C)CC1.[HH]. The van der Waals surface area contributed by atoms with E-state index >= 15 is 0 Å². The Kier molecular flexibility index (Phi) is 6.92. The summed E-state index contributed by atoms with van der Waals surface area (Å²) < 4.78 is 5.61. The molecule has 0 radical (unpaired) electrons. The molecule has 0 aromatic heterocycles. The summed E-state index contributed by atoms with van der Waals surface area (Å²) in [4.78, 5) is 22.3. The number of anilines is 2. The second-order valence-corrected chi connectivity index (χ2v) is 9.80. The highest BCUT2D eigenvalue weighted by atomic mass is 16.5. The number of methoxy groups -OCH3 is 1. The van der Waals surface area contributed by atoms with E-state index in [2.05, 4.69) is 57.4 Å². The average molecular weight is 466 g/mol. The smallest absolute Gasteiger partial charge is 0.321 e. The fourth-order valence-corrected chi connectivity index (χ4v) is 5.55. The number of nitrogens with zero attached hydrogens (tertiary/aromatic N) is 4. The molecule has 184 valence electrons. The van der Waals surface area contributed by atoms with Crippen LogP contribution in [0.1, 0.15) is 19.0 Å². The first-order valence-electron chi connectivity index (χ1n) is 12.6. The van der Waals surface area contributed by atoms with Crippen molar-refractivity contribution in [2.45, 2.75) is 25.3 Å². The van der Waals surface area contributed by atoms with Crippen molar-refractivity contribution in [1.82, 2.24) is 14.7 Å². The number of ether oxygens (including phenoxy) is 1. The third-order valence-electron chi connectivity index (χ3n) is 7.71. The number of fused-ring (bicyclic) bond motifs is 1. The van der Waals surface area contributed by atoms with Gasteiger partial charge in [-0.15, -0.1) is 0 Å². The molecule has 0 spiro atoms. The Balaban J connectivity index is 0.00000289. The topological polar surface area (TPSA) is 51.3 Å². The first kappa shape index (κ1) is 23.0.